The third-order valence-electron chi connectivity index (χ3n) is 3.73. The van der Waals surface area contributed by atoms with Crippen molar-refractivity contribution >= 4 is 10.8 Å². The van der Waals surface area contributed by atoms with Gasteiger partial charge in [0, 0.05) is 11.4 Å². The van der Waals surface area contributed by atoms with Crippen LogP contribution >= 0.6 is 0 Å². The molecule has 2 nitrogen and oxygen atoms in total. The van der Waals surface area contributed by atoms with Crippen molar-refractivity contribution in [2.45, 2.75) is 20.3 Å². The average Bonchev–Trinajstić information content (AvgIpc) is 2.48. The molecule has 2 aromatic carbocycles. The number of hydrogen-bond acceptors (Lipinski definition) is 1. The molecular weight excluding hydrogens is 265 g/mol. The van der Waals surface area contributed by atoms with Gasteiger partial charge in [0.05, 0.1) is 5.39 Å². The fourth-order valence-corrected chi connectivity index (χ4v) is 2.61. The van der Waals surface area contributed by atoms with E-state index in [0.29, 0.717) is 11.8 Å². The minimum Gasteiger partial charge on any atom is -0.281 e. The number of fused-ring (bicyclic) bond motifs is 1. The van der Waals surface area contributed by atoms with Gasteiger partial charge in [0.2, 0.25) is 0 Å². The molecule has 0 unspecified atom stereocenters. The lowest BCUT2D eigenvalue weighted by atomic mass is 10.1. The fourth-order valence-electron chi connectivity index (χ4n) is 2.61. The molecule has 106 valence electrons. The van der Waals surface area contributed by atoms with Gasteiger partial charge >= 0.3 is 0 Å². The average molecular weight is 281 g/mol. The summed E-state index contributed by atoms with van der Waals surface area (Å²) in [7, 11) is 0. The van der Waals surface area contributed by atoms with Crippen LogP contribution in [0.25, 0.3) is 16.5 Å². The monoisotopic (exact) mass is 281 g/mol. The van der Waals surface area contributed by atoms with Crippen LogP contribution < -0.4 is 5.56 Å². The van der Waals surface area contributed by atoms with E-state index in [2.05, 4.69) is 0 Å². The molecule has 0 radical (unpaired) electrons. The van der Waals surface area contributed by atoms with Crippen LogP contribution in [0.1, 0.15) is 18.2 Å². The van der Waals surface area contributed by atoms with Crippen LogP contribution in [-0.2, 0) is 6.42 Å². The molecule has 3 heteroatoms. The van der Waals surface area contributed by atoms with Crippen LogP contribution in [-0.4, -0.2) is 4.57 Å². The smallest absolute Gasteiger partial charge is 0.266 e. The van der Waals surface area contributed by atoms with E-state index < -0.39 is 5.82 Å². The summed E-state index contributed by atoms with van der Waals surface area (Å²) in [5.41, 5.74) is 2.47. The van der Waals surface area contributed by atoms with Crippen molar-refractivity contribution in [1.29, 1.82) is 0 Å². The first kappa shape index (κ1) is 13.6. The molecule has 3 aromatic rings. The minimum absolute atomic E-state index is 0.148. The van der Waals surface area contributed by atoms with Gasteiger partial charge in [-0.1, -0.05) is 36.8 Å². The summed E-state index contributed by atoms with van der Waals surface area (Å²) in [6.07, 6.45) is 0.704. The fraction of sp³-hybridized carbons (Fsp3) is 0.167. The molecule has 0 aliphatic carbocycles. The zero-order valence-electron chi connectivity index (χ0n) is 12.1. The van der Waals surface area contributed by atoms with Gasteiger partial charge < -0.3 is 0 Å². The highest BCUT2D eigenvalue weighted by molar-refractivity contribution is 5.83. The Labute approximate surface area is 122 Å². The van der Waals surface area contributed by atoms with E-state index in [1.54, 1.807) is 16.7 Å². The van der Waals surface area contributed by atoms with Crippen LogP contribution in [0, 0.1) is 12.7 Å². The molecule has 0 atom stereocenters. The summed E-state index contributed by atoms with van der Waals surface area (Å²) in [5, 5.41) is 0.801. The van der Waals surface area contributed by atoms with Gasteiger partial charge in [0.15, 0.2) is 0 Å². The van der Waals surface area contributed by atoms with Crippen LogP contribution in [0.15, 0.2) is 53.3 Å². The number of halogens is 1. The molecule has 0 amide bonds. The Bertz CT molecular complexity index is 863. The predicted molar refractivity (Wildman–Crippen MR) is 83.6 cm³/mol. The second-order valence-electron chi connectivity index (χ2n) is 5.17. The van der Waals surface area contributed by atoms with Gasteiger partial charge in [-0.2, -0.15) is 0 Å². The Morgan fingerprint density at radius 2 is 1.81 bits per heavy atom. The number of pyridine rings is 1. The molecular formula is C18H16FNO. The van der Waals surface area contributed by atoms with Crippen LogP contribution in [0.5, 0.6) is 0 Å². The first-order valence-electron chi connectivity index (χ1n) is 7.02. The third-order valence-corrected chi connectivity index (χ3v) is 3.73. The van der Waals surface area contributed by atoms with Crippen molar-refractivity contribution in [3.8, 4) is 5.69 Å². The molecule has 21 heavy (non-hydrogen) atoms. The quantitative estimate of drug-likeness (QED) is 0.696. The summed E-state index contributed by atoms with van der Waals surface area (Å²) in [6.45, 7) is 3.98. The third kappa shape index (κ3) is 2.25. The Morgan fingerprint density at radius 3 is 2.48 bits per heavy atom. The lowest BCUT2D eigenvalue weighted by Crippen LogP contribution is -2.22. The molecule has 0 bridgehead atoms. The maximum atomic E-state index is 14.0. The van der Waals surface area contributed by atoms with E-state index in [9.17, 15) is 9.18 Å². The maximum Gasteiger partial charge on any atom is 0.266 e. The highest BCUT2D eigenvalue weighted by Gasteiger charge is 2.12. The van der Waals surface area contributed by atoms with Crippen LogP contribution in [0.2, 0.25) is 0 Å². The van der Waals surface area contributed by atoms with E-state index in [1.165, 1.54) is 6.07 Å². The Balaban J connectivity index is 2.41. The number of nitrogens with zero attached hydrogens (tertiary/aromatic N) is 1. The van der Waals surface area contributed by atoms with Crippen molar-refractivity contribution in [3.05, 3.63) is 76.0 Å². The molecule has 3 rings (SSSR count). The van der Waals surface area contributed by atoms with E-state index in [-0.39, 0.29) is 10.9 Å². The van der Waals surface area contributed by atoms with Gasteiger partial charge in [-0.05, 0) is 43.0 Å². The molecule has 0 aliphatic heterocycles. The standard InChI is InChI=1S/C18H16FNO/c1-3-14-11-13-5-4-6-16(19)17(13)18(21)20(14)15-9-7-12(2)8-10-15/h4-11H,3H2,1-2H3. The largest absolute Gasteiger partial charge is 0.281 e. The van der Waals surface area contributed by atoms with Gasteiger partial charge in [0.25, 0.3) is 5.56 Å². The minimum atomic E-state index is -0.471. The van der Waals surface area contributed by atoms with E-state index in [0.717, 1.165) is 16.9 Å². The number of hydrogen-bond donors (Lipinski definition) is 0. The Kier molecular flexibility index (Phi) is 3.34. The Hall–Kier alpha value is -2.42. The van der Waals surface area contributed by atoms with Crippen molar-refractivity contribution in [2.75, 3.05) is 0 Å². The number of rotatable bonds is 2. The molecule has 0 saturated carbocycles. The Morgan fingerprint density at radius 1 is 1.10 bits per heavy atom. The first-order valence-corrected chi connectivity index (χ1v) is 7.02. The lowest BCUT2D eigenvalue weighted by Gasteiger charge is -2.14. The molecule has 1 aromatic heterocycles. The normalized spacial score (nSPS) is 11.0. The molecule has 0 aliphatic rings. The van der Waals surface area contributed by atoms with Gasteiger partial charge in [-0.3, -0.25) is 9.36 Å². The van der Waals surface area contributed by atoms with Crippen molar-refractivity contribution in [1.82, 2.24) is 4.57 Å². The van der Waals surface area contributed by atoms with Gasteiger partial charge in [0.1, 0.15) is 5.82 Å². The molecule has 0 N–H and O–H groups in total. The summed E-state index contributed by atoms with van der Waals surface area (Å²) in [6, 6.07) is 14.3. The molecule has 0 fully saturated rings. The summed E-state index contributed by atoms with van der Waals surface area (Å²) >= 11 is 0. The molecule has 1 heterocycles. The lowest BCUT2D eigenvalue weighted by molar-refractivity contribution is 0.637. The summed E-state index contributed by atoms with van der Waals surface area (Å²) < 4.78 is 15.6. The zero-order chi connectivity index (χ0) is 15.0. The van der Waals surface area contributed by atoms with E-state index in [1.807, 2.05) is 44.2 Å². The number of aryl methyl sites for hydroxylation is 2. The second kappa shape index (κ2) is 5.17. The van der Waals surface area contributed by atoms with Crippen molar-refractivity contribution in [3.63, 3.8) is 0 Å². The first-order chi connectivity index (χ1) is 10.1. The number of aromatic nitrogens is 1. The van der Waals surface area contributed by atoms with E-state index in [4.69, 9.17) is 0 Å². The number of benzene rings is 2. The molecule has 0 spiro atoms. The summed E-state index contributed by atoms with van der Waals surface area (Å²) in [5.74, 6) is -0.471. The van der Waals surface area contributed by atoms with E-state index >= 15 is 0 Å². The summed E-state index contributed by atoms with van der Waals surface area (Å²) in [4.78, 5) is 12.7. The molecule has 0 saturated heterocycles. The zero-order valence-corrected chi connectivity index (χ0v) is 12.1. The topological polar surface area (TPSA) is 22.0 Å². The highest BCUT2D eigenvalue weighted by atomic mass is 19.1. The second-order valence-corrected chi connectivity index (χ2v) is 5.17. The van der Waals surface area contributed by atoms with Crippen molar-refractivity contribution < 1.29 is 4.39 Å². The maximum absolute atomic E-state index is 14.0. The van der Waals surface area contributed by atoms with Gasteiger partial charge in [-0.15, -0.1) is 0 Å². The van der Waals surface area contributed by atoms with Crippen molar-refractivity contribution in [2.24, 2.45) is 0 Å². The SMILES string of the molecule is CCc1cc2cccc(F)c2c(=O)n1-c1ccc(C)cc1. The highest BCUT2D eigenvalue weighted by Crippen LogP contribution is 2.19. The van der Waals surface area contributed by atoms with Crippen LogP contribution in [0.4, 0.5) is 4.39 Å². The van der Waals surface area contributed by atoms with Gasteiger partial charge in [-0.25, -0.2) is 4.39 Å². The predicted octanol–water partition coefficient (Wildman–Crippen LogP) is 4.00. The van der Waals surface area contributed by atoms with Crippen LogP contribution in [0.3, 0.4) is 0 Å².